The van der Waals surface area contributed by atoms with Gasteiger partial charge in [0.1, 0.15) is 5.82 Å². The second-order valence-corrected chi connectivity index (χ2v) is 9.46. The van der Waals surface area contributed by atoms with E-state index in [1.54, 1.807) is 6.07 Å². The van der Waals surface area contributed by atoms with E-state index in [4.69, 9.17) is 11.6 Å². The van der Waals surface area contributed by atoms with E-state index in [0.29, 0.717) is 5.02 Å². The molecule has 8 heteroatoms. The van der Waals surface area contributed by atoms with Crippen LogP contribution in [0.4, 0.5) is 4.39 Å². The molecule has 0 aliphatic carbocycles. The van der Waals surface area contributed by atoms with E-state index in [2.05, 4.69) is 5.32 Å². The molecule has 0 radical (unpaired) electrons. The number of aryl methyl sites for hydroxylation is 1. The van der Waals surface area contributed by atoms with Crippen molar-refractivity contribution in [2.45, 2.75) is 24.9 Å². The van der Waals surface area contributed by atoms with E-state index in [-0.39, 0.29) is 23.5 Å². The molecule has 1 N–H and O–H groups in total. The number of nitrogens with one attached hydrogen (secondary N) is 1. The molecule has 0 unspecified atom stereocenters. The molecular formula is C23H22ClFN2O3S. The van der Waals surface area contributed by atoms with Crippen LogP contribution in [0.2, 0.25) is 5.02 Å². The van der Waals surface area contributed by atoms with Crippen molar-refractivity contribution < 1.29 is 17.6 Å². The zero-order valence-corrected chi connectivity index (χ0v) is 18.5. The van der Waals surface area contributed by atoms with Gasteiger partial charge in [-0.3, -0.25) is 4.79 Å². The molecule has 0 fully saturated rings. The van der Waals surface area contributed by atoms with Gasteiger partial charge in [0.2, 0.25) is 15.9 Å². The van der Waals surface area contributed by atoms with Gasteiger partial charge >= 0.3 is 0 Å². The smallest absolute Gasteiger partial charge is 0.243 e. The van der Waals surface area contributed by atoms with Crippen molar-refractivity contribution in [2.24, 2.45) is 0 Å². The first kappa shape index (κ1) is 22.9. The Kier molecular flexibility index (Phi) is 7.43. The Morgan fingerprint density at radius 1 is 1.00 bits per heavy atom. The largest absolute Gasteiger partial charge is 0.351 e. The predicted molar refractivity (Wildman–Crippen MR) is 118 cm³/mol. The number of hydrogen-bond donors (Lipinski definition) is 1. The molecule has 0 saturated heterocycles. The maximum absolute atomic E-state index is 14.2. The summed E-state index contributed by atoms with van der Waals surface area (Å²) in [5.41, 5.74) is 2.16. The van der Waals surface area contributed by atoms with Crippen LogP contribution in [0.1, 0.15) is 16.7 Å². The van der Waals surface area contributed by atoms with Gasteiger partial charge in [-0.25, -0.2) is 12.8 Å². The topological polar surface area (TPSA) is 66.5 Å². The third kappa shape index (κ3) is 6.13. The summed E-state index contributed by atoms with van der Waals surface area (Å²) in [5.74, 6) is -1.03. The minimum atomic E-state index is -4.07. The zero-order chi connectivity index (χ0) is 22.4. The standard InChI is InChI=1S/C23H22ClFN2O3S/c1-17-6-8-18(9-7-17)14-26-23(28)16-27(15-19-4-2-3-5-22(19)25)31(29,30)21-12-10-20(24)11-13-21/h2-13H,14-16H2,1H3,(H,26,28). The fourth-order valence-corrected chi connectivity index (χ4v) is 4.42. The van der Waals surface area contributed by atoms with Gasteiger partial charge in [0, 0.05) is 23.7 Å². The molecular weight excluding hydrogens is 439 g/mol. The first-order valence-electron chi connectivity index (χ1n) is 9.57. The molecule has 5 nitrogen and oxygen atoms in total. The van der Waals surface area contributed by atoms with Gasteiger partial charge in [-0.05, 0) is 42.8 Å². The Morgan fingerprint density at radius 2 is 1.65 bits per heavy atom. The van der Waals surface area contributed by atoms with Gasteiger partial charge in [0.15, 0.2) is 0 Å². The predicted octanol–water partition coefficient (Wildman–Crippen LogP) is 4.29. The van der Waals surface area contributed by atoms with E-state index in [1.807, 2.05) is 31.2 Å². The van der Waals surface area contributed by atoms with Crippen molar-refractivity contribution in [2.75, 3.05) is 6.54 Å². The average molecular weight is 461 g/mol. The lowest BCUT2D eigenvalue weighted by Crippen LogP contribution is -2.40. The van der Waals surface area contributed by atoms with Crippen LogP contribution in [0.15, 0.2) is 77.7 Å². The SMILES string of the molecule is Cc1ccc(CNC(=O)CN(Cc2ccccc2F)S(=O)(=O)c2ccc(Cl)cc2)cc1. The lowest BCUT2D eigenvalue weighted by Gasteiger charge is -2.22. The monoisotopic (exact) mass is 460 g/mol. The third-order valence-corrected chi connectivity index (χ3v) is 6.74. The van der Waals surface area contributed by atoms with E-state index >= 15 is 0 Å². The van der Waals surface area contributed by atoms with Crippen LogP contribution in [0.5, 0.6) is 0 Å². The molecule has 31 heavy (non-hydrogen) atoms. The fourth-order valence-electron chi connectivity index (χ4n) is 2.92. The van der Waals surface area contributed by atoms with Crippen molar-refractivity contribution in [3.05, 3.63) is 100 Å². The molecule has 3 aromatic rings. The zero-order valence-electron chi connectivity index (χ0n) is 16.9. The van der Waals surface area contributed by atoms with Gasteiger partial charge in [-0.2, -0.15) is 4.31 Å². The summed E-state index contributed by atoms with van der Waals surface area (Å²) in [6.07, 6.45) is 0. The van der Waals surface area contributed by atoms with Crippen molar-refractivity contribution in [1.82, 2.24) is 9.62 Å². The highest BCUT2D eigenvalue weighted by molar-refractivity contribution is 7.89. The molecule has 0 aromatic heterocycles. The van der Waals surface area contributed by atoms with Gasteiger partial charge in [0.25, 0.3) is 0 Å². The molecule has 0 atom stereocenters. The Balaban J connectivity index is 1.81. The van der Waals surface area contributed by atoms with E-state index in [1.165, 1.54) is 42.5 Å². The van der Waals surface area contributed by atoms with Crippen molar-refractivity contribution >= 4 is 27.5 Å². The van der Waals surface area contributed by atoms with Crippen molar-refractivity contribution in [3.63, 3.8) is 0 Å². The number of carbonyl (C=O) groups is 1. The number of carbonyl (C=O) groups excluding carboxylic acids is 1. The van der Waals surface area contributed by atoms with E-state index < -0.39 is 28.3 Å². The third-order valence-electron chi connectivity index (χ3n) is 4.69. The van der Waals surface area contributed by atoms with Gasteiger partial charge < -0.3 is 5.32 Å². The van der Waals surface area contributed by atoms with Crippen LogP contribution in [0, 0.1) is 12.7 Å². The highest BCUT2D eigenvalue weighted by Gasteiger charge is 2.27. The Morgan fingerprint density at radius 3 is 2.29 bits per heavy atom. The van der Waals surface area contributed by atoms with Crippen LogP contribution < -0.4 is 5.32 Å². The molecule has 0 saturated carbocycles. The van der Waals surface area contributed by atoms with Crippen LogP contribution >= 0.6 is 11.6 Å². The van der Waals surface area contributed by atoms with E-state index in [9.17, 15) is 17.6 Å². The number of sulfonamides is 1. The van der Waals surface area contributed by atoms with Gasteiger partial charge in [-0.1, -0.05) is 59.6 Å². The number of halogens is 2. The first-order valence-corrected chi connectivity index (χ1v) is 11.4. The number of benzene rings is 3. The van der Waals surface area contributed by atoms with Gasteiger partial charge in [-0.15, -0.1) is 0 Å². The maximum atomic E-state index is 14.2. The second-order valence-electron chi connectivity index (χ2n) is 7.08. The van der Waals surface area contributed by atoms with Crippen LogP contribution in [0.3, 0.4) is 0 Å². The number of nitrogens with zero attached hydrogens (tertiary/aromatic N) is 1. The summed E-state index contributed by atoms with van der Waals surface area (Å²) in [4.78, 5) is 12.5. The maximum Gasteiger partial charge on any atom is 0.243 e. The summed E-state index contributed by atoms with van der Waals surface area (Å²) in [7, 11) is -4.07. The number of amides is 1. The molecule has 0 aliphatic rings. The summed E-state index contributed by atoms with van der Waals surface area (Å²) in [5, 5.41) is 3.11. The van der Waals surface area contributed by atoms with Crippen molar-refractivity contribution in [1.29, 1.82) is 0 Å². The van der Waals surface area contributed by atoms with Crippen molar-refractivity contribution in [3.8, 4) is 0 Å². The fraction of sp³-hybridized carbons (Fsp3) is 0.174. The molecule has 162 valence electrons. The molecule has 0 aliphatic heterocycles. The summed E-state index contributed by atoms with van der Waals surface area (Å²) in [6.45, 7) is 1.49. The minimum absolute atomic E-state index is 0.0282. The van der Waals surface area contributed by atoms with E-state index in [0.717, 1.165) is 15.4 Å². The van der Waals surface area contributed by atoms with Gasteiger partial charge in [0.05, 0.1) is 11.4 Å². The lowest BCUT2D eigenvalue weighted by atomic mass is 10.1. The number of hydrogen-bond acceptors (Lipinski definition) is 3. The average Bonchev–Trinajstić information content (AvgIpc) is 2.74. The summed E-state index contributed by atoms with van der Waals surface area (Å²) < 4.78 is 41.5. The molecule has 0 heterocycles. The first-order chi connectivity index (χ1) is 14.8. The molecule has 1 amide bonds. The second kappa shape index (κ2) is 10.0. The van der Waals surface area contributed by atoms with Crippen LogP contribution in [0.25, 0.3) is 0 Å². The van der Waals surface area contributed by atoms with Crippen LogP contribution in [-0.4, -0.2) is 25.2 Å². The molecule has 3 aromatic carbocycles. The van der Waals surface area contributed by atoms with Crippen LogP contribution in [-0.2, 0) is 27.9 Å². The Hall–Kier alpha value is -2.74. The Bertz CT molecular complexity index is 1150. The highest BCUT2D eigenvalue weighted by Crippen LogP contribution is 2.21. The highest BCUT2D eigenvalue weighted by atomic mass is 35.5. The normalized spacial score (nSPS) is 11.5. The summed E-state index contributed by atoms with van der Waals surface area (Å²) in [6, 6.07) is 19.1. The molecule has 0 spiro atoms. The molecule has 0 bridgehead atoms. The molecule has 3 rings (SSSR count). The Labute approximate surface area is 186 Å². The lowest BCUT2D eigenvalue weighted by molar-refractivity contribution is -0.121. The quantitative estimate of drug-likeness (QED) is 0.545. The minimum Gasteiger partial charge on any atom is -0.351 e. The summed E-state index contributed by atoms with van der Waals surface area (Å²) >= 11 is 5.86. The number of rotatable bonds is 8.